The maximum Gasteiger partial charge on any atom is 0.323 e. The van der Waals surface area contributed by atoms with Crippen molar-refractivity contribution in [2.24, 2.45) is 0 Å². The topological polar surface area (TPSA) is 72.0 Å². The van der Waals surface area contributed by atoms with Crippen LogP contribution in [0, 0.1) is 0 Å². The van der Waals surface area contributed by atoms with E-state index in [1.165, 1.54) is 0 Å². The monoisotopic (exact) mass is 239 g/mol. The molecule has 2 N–H and O–H groups in total. The number of nitrogens with one attached hydrogen (secondary N) is 2. The molecule has 0 spiro atoms. The molecule has 0 bridgehead atoms. The minimum Gasteiger partial charge on any atom is -0.464 e. The molecule has 1 rings (SSSR count). The van der Waals surface area contributed by atoms with Gasteiger partial charge in [-0.25, -0.2) is 0 Å². The summed E-state index contributed by atoms with van der Waals surface area (Å²) >= 11 is 0. The molecular weight excluding hydrogens is 218 g/mol. The van der Waals surface area contributed by atoms with Gasteiger partial charge in [-0.05, 0) is 20.3 Å². The molecule has 1 aromatic rings. The molecule has 1 unspecified atom stereocenters. The van der Waals surface area contributed by atoms with Crippen LogP contribution in [0.25, 0.3) is 0 Å². The van der Waals surface area contributed by atoms with Crippen molar-refractivity contribution in [1.82, 2.24) is 15.0 Å². The van der Waals surface area contributed by atoms with Crippen LogP contribution in [0.4, 0.5) is 11.9 Å². The first kappa shape index (κ1) is 13.5. The van der Waals surface area contributed by atoms with Crippen LogP contribution < -0.4 is 15.4 Å². The van der Waals surface area contributed by atoms with Crippen LogP contribution >= 0.6 is 0 Å². The Morgan fingerprint density at radius 1 is 1.18 bits per heavy atom. The zero-order valence-corrected chi connectivity index (χ0v) is 10.9. The highest BCUT2D eigenvalue weighted by Crippen LogP contribution is 2.12. The lowest BCUT2D eigenvalue weighted by molar-refractivity contribution is 0.312. The van der Waals surface area contributed by atoms with E-state index < -0.39 is 0 Å². The molecule has 0 saturated carbocycles. The van der Waals surface area contributed by atoms with E-state index in [-0.39, 0.29) is 0 Å². The number of nitrogens with zero attached hydrogens (tertiary/aromatic N) is 3. The first-order valence-corrected chi connectivity index (χ1v) is 6.02. The van der Waals surface area contributed by atoms with Gasteiger partial charge in [0, 0.05) is 13.1 Å². The minimum absolute atomic E-state index is 0.335. The van der Waals surface area contributed by atoms with Gasteiger partial charge in [-0.2, -0.15) is 15.0 Å². The molecule has 96 valence electrons. The van der Waals surface area contributed by atoms with Crippen molar-refractivity contribution in [1.29, 1.82) is 0 Å². The normalized spacial score (nSPS) is 12.0. The SMILES string of the molecule is CCCC(C)Nc1nc(NC)nc(OCC)n1. The lowest BCUT2D eigenvalue weighted by atomic mass is 10.2. The minimum atomic E-state index is 0.335. The van der Waals surface area contributed by atoms with Gasteiger partial charge in [-0.1, -0.05) is 13.3 Å². The number of anilines is 2. The quantitative estimate of drug-likeness (QED) is 0.757. The smallest absolute Gasteiger partial charge is 0.323 e. The lowest BCUT2D eigenvalue weighted by Crippen LogP contribution is -2.18. The highest BCUT2D eigenvalue weighted by molar-refractivity contribution is 5.35. The largest absolute Gasteiger partial charge is 0.464 e. The fourth-order valence-electron chi connectivity index (χ4n) is 1.45. The van der Waals surface area contributed by atoms with Crippen molar-refractivity contribution >= 4 is 11.9 Å². The van der Waals surface area contributed by atoms with E-state index in [4.69, 9.17) is 4.74 Å². The van der Waals surface area contributed by atoms with Crippen molar-refractivity contribution in [3.8, 4) is 6.01 Å². The summed E-state index contributed by atoms with van der Waals surface area (Å²) in [6.07, 6.45) is 2.20. The van der Waals surface area contributed by atoms with Crippen LogP contribution in [0.1, 0.15) is 33.6 Å². The zero-order chi connectivity index (χ0) is 12.7. The molecule has 0 aliphatic carbocycles. The molecule has 0 saturated heterocycles. The number of ether oxygens (including phenoxy) is 1. The van der Waals surface area contributed by atoms with E-state index in [1.807, 2.05) is 6.92 Å². The predicted octanol–water partition coefficient (Wildman–Crippen LogP) is 1.91. The molecule has 0 radical (unpaired) electrons. The molecule has 1 aromatic heterocycles. The van der Waals surface area contributed by atoms with Gasteiger partial charge < -0.3 is 15.4 Å². The predicted molar refractivity (Wildman–Crippen MR) is 68.5 cm³/mol. The molecule has 17 heavy (non-hydrogen) atoms. The van der Waals surface area contributed by atoms with Crippen LogP contribution in [0.3, 0.4) is 0 Å². The van der Waals surface area contributed by atoms with Gasteiger partial charge in [0.1, 0.15) is 0 Å². The van der Waals surface area contributed by atoms with Gasteiger partial charge in [0.05, 0.1) is 6.61 Å². The van der Waals surface area contributed by atoms with Gasteiger partial charge in [-0.3, -0.25) is 0 Å². The van der Waals surface area contributed by atoms with Gasteiger partial charge in [0.2, 0.25) is 11.9 Å². The third-order valence-electron chi connectivity index (χ3n) is 2.21. The number of rotatable bonds is 7. The second-order valence-electron chi connectivity index (χ2n) is 3.78. The van der Waals surface area contributed by atoms with Crippen LogP contribution in [-0.4, -0.2) is 34.6 Å². The summed E-state index contributed by atoms with van der Waals surface area (Å²) < 4.78 is 5.29. The van der Waals surface area contributed by atoms with E-state index in [1.54, 1.807) is 7.05 Å². The Bertz CT molecular complexity index is 345. The molecule has 1 heterocycles. The molecule has 6 nitrogen and oxygen atoms in total. The molecule has 1 atom stereocenters. The zero-order valence-electron chi connectivity index (χ0n) is 10.9. The summed E-state index contributed by atoms with van der Waals surface area (Å²) in [4.78, 5) is 12.5. The van der Waals surface area contributed by atoms with Crippen molar-refractivity contribution in [2.45, 2.75) is 39.7 Å². The molecule has 6 heteroatoms. The molecule has 0 fully saturated rings. The fourth-order valence-corrected chi connectivity index (χ4v) is 1.45. The van der Waals surface area contributed by atoms with Gasteiger partial charge in [0.25, 0.3) is 0 Å². The highest BCUT2D eigenvalue weighted by atomic mass is 16.5. The molecule has 0 aliphatic rings. The van der Waals surface area contributed by atoms with Gasteiger partial charge in [-0.15, -0.1) is 0 Å². The second-order valence-corrected chi connectivity index (χ2v) is 3.78. The average Bonchev–Trinajstić information content (AvgIpc) is 2.29. The van der Waals surface area contributed by atoms with E-state index in [0.29, 0.717) is 30.6 Å². The number of hydrogen-bond acceptors (Lipinski definition) is 6. The van der Waals surface area contributed by atoms with E-state index >= 15 is 0 Å². The Balaban J connectivity index is 2.79. The van der Waals surface area contributed by atoms with E-state index in [0.717, 1.165) is 12.8 Å². The third-order valence-corrected chi connectivity index (χ3v) is 2.21. The van der Waals surface area contributed by atoms with Crippen LogP contribution in [-0.2, 0) is 0 Å². The van der Waals surface area contributed by atoms with Crippen molar-refractivity contribution < 1.29 is 4.74 Å². The second kappa shape index (κ2) is 6.88. The summed E-state index contributed by atoms with van der Waals surface area (Å²) in [7, 11) is 1.77. The fraction of sp³-hybridized carbons (Fsp3) is 0.727. The van der Waals surface area contributed by atoms with Gasteiger partial charge in [0.15, 0.2) is 0 Å². The molecular formula is C11H21N5O. The standard InChI is InChI=1S/C11H21N5O/c1-5-7-8(3)13-10-14-9(12-4)15-11(16-10)17-6-2/h8H,5-7H2,1-4H3,(H2,12,13,14,15,16). The van der Waals surface area contributed by atoms with Crippen LogP contribution in [0.15, 0.2) is 0 Å². The highest BCUT2D eigenvalue weighted by Gasteiger charge is 2.08. The molecule has 0 aromatic carbocycles. The third kappa shape index (κ3) is 4.42. The van der Waals surface area contributed by atoms with E-state index in [9.17, 15) is 0 Å². The van der Waals surface area contributed by atoms with Crippen molar-refractivity contribution in [2.75, 3.05) is 24.3 Å². The summed E-state index contributed by atoms with van der Waals surface area (Å²) in [5.41, 5.74) is 0. The summed E-state index contributed by atoms with van der Waals surface area (Å²) in [5, 5.41) is 6.12. The van der Waals surface area contributed by atoms with Crippen LogP contribution in [0.5, 0.6) is 6.01 Å². The average molecular weight is 239 g/mol. The summed E-state index contributed by atoms with van der Waals surface area (Å²) in [6, 6.07) is 0.680. The molecule has 0 aliphatic heterocycles. The van der Waals surface area contributed by atoms with Crippen molar-refractivity contribution in [3.05, 3.63) is 0 Å². The van der Waals surface area contributed by atoms with Crippen molar-refractivity contribution in [3.63, 3.8) is 0 Å². The van der Waals surface area contributed by atoms with Gasteiger partial charge >= 0.3 is 6.01 Å². The Morgan fingerprint density at radius 3 is 2.47 bits per heavy atom. The maximum absolute atomic E-state index is 5.29. The Hall–Kier alpha value is -1.59. The number of hydrogen-bond donors (Lipinski definition) is 2. The number of aromatic nitrogens is 3. The Morgan fingerprint density at radius 2 is 1.88 bits per heavy atom. The Labute approximate surface area is 102 Å². The first-order chi connectivity index (χ1) is 8.19. The summed E-state index contributed by atoms with van der Waals surface area (Å²) in [5.74, 6) is 1.06. The van der Waals surface area contributed by atoms with E-state index in [2.05, 4.69) is 39.4 Å². The maximum atomic E-state index is 5.29. The summed E-state index contributed by atoms with van der Waals surface area (Å²) in [6.45, 7) is 6.69. The Kier molecular flexibility index (Phi) is 5.45. The van der Waals surface area contributed by atoms with Crippen LogP contribution in [0.2, 0.25) is 0 Å². The molecule has 0 amide bonds. The first-order valence-electron chi connectivity index (χ1n) is 6.02. The lowest BCUT2D eigenvalue weighted by Gasteiger charge is -2.13.